The minimum absolute atomic E-state index is 0.0984. The predicted octanol–water partition coefficient (Wildman–Crippen LogP) is 8.79. The van der Waals surface area contributed by atoms with Gasteiger partial charge in [0.25, 0.3) is 0 Å². The monoisotopic (exact) mass is 748 g/mol. The molecule has 4 saturated carbocycles. The molecule has 7 rings (SSSR count). The summed E-state index contributed by atoms with van der Waals surface area (Å²) in [6.45, 7) is 25.9. The number of hydrogen-bond acceptors (Lipinski definition) is 6. The van der Waals surface area contributed by atoms with Crippen LogP contribution in [0.15, 0.2) is 36.9 Å². The van der Waals surface area contributed by atoms with Crippen LogP contribution in [0.1, 0.15) is 117 Å². The first kappa shape index (κ1) is 39.6. The molecule has 7 heteroatoms. The normalized spacial score (nSPS) is 42.4. The summed E-state index contributed by atoms with van der Waals surface area (Å²) in [5.41, 5.74) is 5.31. The third-order valence-electron chi connectivity index (χ3n) is 18.3. The third-order valence-corrected chi connectivity index (χ3v) is 19.9. The van der Waals surface area contributed by atoms with E-state index in [-0.39, 0.29) is 21.8 Å². The van der Waals surface area contributed by atoms with Crippen molar-refractivity contribution >= 4 is 21.2 Å². The third kappa shape index (κ3) is 6.06. The lowest BCUT2D eigenvalue weighted by Gasteiger charge is -2.73. The van der Waals surface area contributed by atoms with Gasteiger partial charge in [0, 0.05) is 43.3 Å². The van der Waals surface area contributed by atoms with Gasteiger partial charge in [0.05, 0.1) is 18.6 Å². The Kier molecular flexibility index (Phi) is 10.1. The van der Waals surface area contributed by atoms with Crippen LogP contribution in [0, 0.1) is 50.7 Å². The summed E-state index contributed by atoms with van der Waals surface area (Å²) in [6.07, 6.45) is 14.3. The van der Waals surface area contributed by atoms with Crippen molar-refractivity contribution in [2.75, 3.05) is 58.9 Å². The molecular formula is C46H73N3O3S. The number of allylic oxidation sites excluding steroid dienone is 2. The van der Waals surface area contributed by atoms with Crippen molar-refractivity contribution in [3.8, 4) is 0 Å². The van der Waals surface area contributed by atoms with Crippen LogP contribution in [0.4, 0.5) is 0 Å². The molecule has 1 aromatic carbocycles. The van der Waals surface area contributed by atoms with Crippen molar-refractivity contribution in [3.63, 3.8) is 0 Å². The van der Waals surface area contributed by atoms with Gasteiger partial charge in [-0.1, -0.05) is 78.5 Å². The van der Waals surface area contributed by atoms with Crippen molar-refractivity contribution in [2.24, 2.45) is 50.7 Å². The number of ether oxygens (including phenoxy) is 1. The van der Waals surface area contributed by atoms with Crippen molar-refractivity contribution in [3.05, 3.63) is 48.0 Å². The Morgan fingerprint density at radius 1 is 0.925 bits per heavy atom. The minimum Gasteiger partial charge on any atom is -0.497 e. The molecule has 53 heavy (non-hydrogen) atoms. The molecular weight excluding hydrogens is 675 g/mol. The van der Waals surface area contributed by atoms with E-state index in [1.54, 1.807) is 7.11 Å². The zero-order valence-corrected chi connectivity index (χ0v) is 35.9. The van der Waals surface area contributed by atoms with Gasteiger partial charge >= 0.3 is 0 Å². The Balaban J connectivity index is 1.18. The smallest absolute Gasteiger partial charge is 0.152 e. The number of rotatable bonds is 9. The number of nitrogens with one attached hydrogen (secondary N) is 1. The fourth-order valence-electron chi connectivity index (χ4n) is 14.9. The van der Waals surface area contributed by atoms with Gasteiger partial charge in [0.15, 0.2) is 9.84 Å². The molecule has 1 saturated heterocycles. The van der Waals surface area contributed by atoms with Gasteiger partial charge in [-0.3, -0.25) is 0 Å². The first-order valence-electron chi connectivity index (χ1n) is 21.2. The van der Waals surface area contributed by atoms with Crippen molar-refractivity contribution < 1.29 is 13.2 Å². The zero-order valence-electron chi connectivity index (χ0n) is 35.1. The van der Waals surface area contributed by atoms with Crippen LogP contribution >= 0.6 is 0 Å². The number of sulfone groups is 1. The summed E-state index contributed by atoms with van der Waals surface area (Å²) in [5.74, 6) is 4.04. The lowest BCUT2D eigenvalue weighted by molar-refractivity contribution is -0.227. The predicted molar refractivity (Wildman–Crippen MR) is 221 cm³/mol. The van der Waals surface area contributed by atoms with Gasteiger partial charge in [-0.15, -0.1) is 0 Å². The quantitative estimate of drug-likeness (QED) is 0.255. The first-order valence-corrected chi connectivity index (χ1v) is 23.0. The van der Waals surface area contributed by atoms with E-state index in [1.165, 1.54) is 68.9 Å². The number of fused-ring (bicyclic) bond motifs is 7. The number of benzene rings is 1. The van der Waals surface area contributed by atoms with Gasteiger partial charge in [-0.25, -0.2) is 8.42 Å². The Bertz CT molecular complexity index is 1690. The molecule has 5 aliphatic carbocycles. The molecule has 1 N–H and O–H groups in total. The molecule has 296 valence electrons. The molecule has 0 aromatic heterocycles. The summed E-state index contributed by atoms with van der Waals surface area (Å²) < 4.78 is 29.7. The molecule has 0 amide bonds. The fourth-order valence-corrected chi connectivity index (χ4v) is 16.1. The summed E-state index contributed by atoms with van der Waals surface area (Å²) in [5, 5.41) is 4.32. The highest BCUT2D eigenvalue weighted by atomic mass is 32.2. The van der Waals surface area contributed by atoms with E-state index in [1.807, 2.05) is 0 Å². The maximum Gasteiger partial charge on any atom is 0.152 e. The Hall–Kier alpha value is -1.67. The summed E-state index contributed by atoms with van der Waals surface area (Å²) in [7, 11) is 3.43. The van der Waals surface area contributed by atoms with E-state index in [2.05, 4.69) is 115 Å². The van der Waals surface area contributed by atoms with E-state index in [0.29, 0.717) is 65.1 Å². The standard InChI is InChI=1S/C46H73N3O3S/c1-32(52-11)34-12-14-35(15-13-34)36-18-20-43(6)38(41(36,3)4)19-21-45(8)39(43)17-16-37-40-42(5,33(2)48(9)10)22-24-46(40,25-23-44(37,45)7)47-26-27-49-28-30-53(50,51)31-29-49/h12-15,18,33,37-40,47H,1,16-17,19-31H2,2-11H3. The van der Waals surface area contributed by atoms with E-state index in [0.717, 1.165) is 24.4 Å². The summed E-state index contributed by atoms with van der Waals surface area (Å²) in [4.78, 5) is 4.89. The van der Waals surface area contributed by atoms with Crippen LogP contribution < -0.4 is 5.32 Å². The molecule has 0 bridgehead atoms. The highest BCUT2D eigenvalue weighted by molar-refractivity contribution is 7.91. The van der Waals surface area contributed by atoms with E-state index in [4.69, 9.17) is 4.74 Å². The Labute approximate surface area is 323 Å². The highest BCUT2D eigenvalue weighted by Crippen LogP contribution is 2.77. The first-order chi connectivity index (χ1) is 24.8. The van der Waals surface area contributed by atoms with Gasteiger partial charge in [-0.2, -0.15) is 0 Å². The second-order valence-electron chi connectivity index (χ2n) is 20.6. The van der Waals surface area contributed by atoms with Crippen LogP contribution in [-0.4, -0.2) is 88.7 Å². The van der Waals surface area contributed by atoms with Crippen LogP contribution in [0.25, 0.3) is 11.3 Å². The molecule has 6 aliphatic rings. The minimum atomic E-state index is -2.86. The summed E-state index contributed by atoms with van der Waals surface area (Å²) in [6, 6.07) is 9.45. The number of nitrogens with zero attached hydrogens (tertiary/aromatic N) is 2. The average molecular weight is 748 g/mol. The van der Waals surface area contributed by atoms with Crippen molar-refractivity contribution in [1.82, 2.24) is 15.1 Å². The molecule has 10 atom stereocenters. The highest BCUT2D eigenvalue weighted by Gasteiger charge is 2.72. The Morgan fingerprint density at radius 3 is 2.23 bits per heavy atom. The van der Waals surface area contributed by atoms with Gasteiger partial charge in [0.1, 0.15) is 5.76 Å². The Morgan fingerprint density at radius 2 is 1.58 bits per heavy atom. The fraction of sp³-hybridized carbons (Fsp3) is 0.783. The molecule has 0 radical (unpaired) electrons. The van der Waals surface area contributed by atoms with Gasteiger partial charge in [-0.05, 0) is 141 Å². The number of methoxy groups -OCH3 is 1. The van der Waals surface area contributed by atoms with Crippen LogP contribution in [0.2, 0.25) is 0 Å². The second kappa shape index (κ2) is 13.5. The van der Waals surface area contributed by atoms with Crippen LogP contribution in [-0.2, 0) is 14.6 Å². The molecule has 0 spiro atoms. The topological polar surface area (TPSA) is 61.9 Å². The van der Waals surface area contributed by atoms with Crippen molar-refractivity contribution in [2.45, 2.75) is 118 Å². The molecule has 5 fully saturated rings. The van der Waals surface area contributed by atoms with Gasteiger partial charge < -0.3 is 19.9 Å². The molecule has 1 aromatic rings. The van der Waals surface area contributed by atoms with Crippen molar-refractivity contribution in [1.29, 1.82) is 0 Å². The largest absolute Gasteiger partial charge is 0.497 e. The van der Waals surface area contributed by atoms with Crippen LogP contribution in [0.3, 0.4) is 0 Å². The maximum absolute atomic E-state index is 12.1. The summed E-state index contributed by atoms with van der Waals surface area (Å²) >= 11 is 0. The average Bonchev–Trinajstić information content (AvgIpc) is 3.41. The maximum atomic E-state index is 12.1. The number of hydrogen-bond donors (Lipinski definition) is 1. The molecule has 1 heterocycles. The van der Waals surface area contributed by atoms with Crippen LogP contribution in [0.5, 0.6) is 0 Å². The lowest BCUT2D eigenvalue weighted by atomic mass is 9.32. The van der Waals surface area contributed by atoms with E-state index in [9.17, 15) is 8.42 Å². The lowest BCUT2D eigenvalue weighted by Crippen LogP contribution is -2.69. The molecule has 1 aliphatic heterocycles. The zero-order chi connectivity index (χ0) is 38.4. The SMILES string of the molecule is C=C(OC)c1ccc(C2=CCC3(C)C(CCC4(C)C3CCC3C5C(NCCN6CCS(=O)(=O)CC6)(CCC5(C)C(C)N(C)C)CCC34C)C2(C)C)cc1. The molecule has 6 nitrogen and oxygen atoms in total. The second-order valence-corrected chi connectivity index (χ2v) is 22.9. The molecule has 10 unspecified atom stereocenters. The van der Waals surface area contributed by atoms with Gasteiger partial charge in [0.2, 0.25) is 0 Å². The van der Waals surface area contributed by atoms with E-state index >= 15 is 0 Å². The van der Waals surface area contributed by atoms with E-state index < -0.39 is 9.84 Å².